The number of imidazole rings is 1. The molecule has 0 spiro atoms. The van der Waals surface area contributed by atoms with Crippen molar-refractivity contribution in [1.82, 2.24) is 14.5 Å². The molecule has 4 aromatic rings. The maximum absolute atomic E-state index is 13.4. The lowest BCUT2D eigenvalue weighted by Crippen LogP contribution is -2.42. The van der Waals surface area contributed by atoms with E-state index < -0.39 is 11.9 Å². The van der Waals surface area contributed by atoms with Crippen LogP contribution < -0.4 is 11.5 Å². The highest BCUT2D eigenvalue weighted by Gasteiger charge is 2.29. The summed E-state index contributed by atoms with van der Waals surface area (Å²) in [6, 6.07) is 19.7. The van der Waals surface area contributed by atoms with Crippen LogP contribution in [0.4, 0.5) is 0 Å². The number of likely N-dealkylation sites (tertiary alicyclic amines) is 1. The number of rotatable bonds is 11. The van der Waals surface area contributed by atoms with Crippen molar-refractivity contribution < 1.29 is 14.3 Å². The number of benzene rings is 2. The fraction of sp³-hybridized carbons (Fsp3) is 0.387. The minimum atomic E-state index is -0.465. The van der Waals surface area contributed by atoms with Crippen LogP contribution >= 0.6 is 11.3 Å². The van der Waals surface area contributed by atoms with Crippen molar-refractivity contribution in [1.29, 1.82) is 0 Å². The number of methoxy groups -OCH3 is 1. The highest BCUT2D eigenvalue weighted by molar-refractivity contribution is 7.17. The number of piperidine rings is 1. The largest absolute Gasteiger partial charge is 0.385 e. The van der Waals surface area contributed by atoms with Crippen molar-refractivity contribution in [2.75, 3.05) is 26.8 Å². The molecule has 8 nitrogen and oxygen atoms in total. The van der Waals surface area contributed by atoms with E-state index in [1.165, 1.54) is 11.3 Å². The van der Waals surface area contributed by atoms with Crippen LogP contribution in [0.15, 0.2) is 60.7 Å². The summed E-state index contributed by atoms with van der Waals surface area (Å²) in [5, 5.41) is 0. The van der Waals surface area contributed by atoms with Gasteiger partial charge in [-0.1, -0.05) is 42.5 Å². The lowest BCUT2D eigenvalue weighted by atomic mass is 9.96. The quantitative estimate of drug-likeness (QED) is 0.261. The minimum Gasteiger partial charge on any atom is -0.385 e. The zero-order valence-electron chi connectivity index (χ0n) is 22.9. The number of aryl methyl sites for hydroxylation is 1. The number of amides is 2. The lowest BCUT2D eigenvalue weighted by Gasteiger charge is -2.33. The van der Waals surface area contributed by atoms with Gasteiger partial charge in [0.15, 0.2) is 0 Å². The van der Waals surface area contributed by atoms with Gasteiger partial charge < -0.3 is 25.7 Å². The van der Waals surface area contributed by atoms with Gasteiger partial charge >= 0.3 is 0 Å². The molecular formula is C31H37N5O3S. The van der Waals surface area contributed by atoms with Crippen molar-refractivity contribution in [3.05, 3.63) is 76.9 Å². The van der Waals surface area contributed by atoms with Gasteiger partial charge in [-0.3, -0.25) is 9.59 Å². The van der Waals surface area contributed by atoms with Gasteiger partial charge in [0.05, 0.1) is 15.9 Å². The first-order valence-corrected chi connectivity index (χ1v) is 14.7. The van der Waals surface area contributed by atoms with Crippen LogP contribution in [0.1, 0.15) is 52.7 Å². The zero-order chi connectivity index (χ0) is 28.1. The Labute approximate surface area is 238 Å². The second kappa shape index (κ2) is 12.8. The molecule has 9 heteroatoms. The van der Waals surface area contributed by atoms with Crippen LogP contribution in [0.5, 0.6) is 0 Å². The Kier molecular flexibility index (Phi) is 8.94. The second-order valence-corrected chi connectivity index (χ2v) is 11.6. The first kappa shape index (κ1) is 28.0. The van der Waals surface area contributed by atoms with E-state index in [0.717, 1.165) is 65.2 Å². The van der Waals surface area contributed by atoms with Crippen molar-refractivity contribution in [2.45, 2.75) is 50.6 Å². The van der Waals surface area contributed by atoms with Gasteiger partial charge in [-0.05, 0) is 55.0 Å². The molecule has 0 aliphatic carbocycles. The van der Waals surface area contributed by atoms with Crippen molar-refractivity contribution in [2.24, 2.45) is 11.5 Å². The molecule has 40 heavy (non-hydrogen) atoms. The van der Waals surface area contributed by atoms with Gasteiger partial charge in [-0.2, -0.15) is 0 Å². The summed E-state index contributed by atoms with van der Waals surface area (Å²) in [7, 11) is 1.72. The number of hydrogen-bond acceptors (Lipinski definition) is 6. The molecule has 210 valence electrons. The molecule has 5 rings (SSSR count). The SMILES string of the molecule is COCCCn1c([C@@H]2CCCN(C(=O)C[C@@H](N)Cc3cc(-c4ccccc4)sc3C(N)=O)C2)nc2ccccc21. The summed E-state index contributed by atoms with van der Waals surface area (Å²) >= 11 is 1.37. The first-order chi connectivity index (χ1) is 19.4. The number of para-hydroxylation sites is 2. The minimum absolute atomic E-state index is 0.0402. The summed E-state index contributed by atoms with van der Waals surface area (Å²) < 4.78 is 7.58. The third-order valence-electron chi connectivity index (χ3n) is 7.56. The van der Waals surface area contributed by atoms with Crippen LogP contribution in [-0.4, -0.2) is 59.1 Å². The molecule has 0 radical (unpaired) electrons. The van der Waals surface area contributed by atoms with E-state index in [2.05, 4.69) is 10.6 Å². The number of aromatic nitrogens is 2. The molecule has 3 heterocycles. The van der Waals surface area contributed by atoms with Gasteiger partial charge in [-0.15, -0.1) is 11.3 Å². The molecule has 2 atom stereocenters. The van der Waals surface area contributed by atoms with E-state index in [4.69, 9.17) is 21.2 Å². The summed E-state index contributed by atoms with van der Waals surface area (Å²) in [5.41, 5.74) is 16.1. The number of thiophene rings is 1. The highest BCUT2D eigenvalue weighted by atomic mass is 32.1. The summed E-state index contributed by atoms with van der Waals surface area (Å²) in [6.07, 6.45) is 3.44. The summed E-state index contributed by atoms with van der Waals surface area (Å²) in [6.45, 7) is 2.86. The zero-order valence-corrected chi connectivity index (χ0v) is 23.7. The molecule has 1 fully saturated rings. The number of nitrogens with zero attached hydrogens (tertiary/aromatic N) is 3. The first-order valence-electron chi connectivity index (χ1n) is 13.9. The molecule has 2 aromatic carbocycles. The molecule has 2 amide bonds. The molecule has 1 saturated heterocycles. The lowest BCUT2D eigenvalue weighted by molar-refractivity contribution is -0.132. The summed E-state index contributed by atoms with van der Waals surface area (Å²) in [5.74, 6) is 0.777. The van der Waals surface area contributed by atoms with E-state index in [0.29, 0.717) is 24.4 Å². The number of nitrogens with two attached hydrogens (primary N) is 2. The Hall–Kier alpha value is -3.53. The Morgan fingerprint density at radius 1 is 1.15 bits per heavy atom. The highest BCUT2D eigenvalue weighted by Crippen LogP contribution is 2.33. The maximum Gasteiger partial charge on any atom is 0.259 e. The Morgan fingerprint density at radius 2 is 1.93 bits per heavy atom. The van der Waals surface area contributed by atoms with E-state index >= 15 is 0 Å². The molecule has 0 bridgehead atoms. The van der Waals surface area contributed by atoms with Crippen molar-refractivity contribution >= 4 is 34.2 Å². The van der Waals surface area contributed by atoms with Crippen LogP contribution in [0.2, 0.25) is 0 Å². The molecule has 0 saturated carbocycles. The third-order valence-corrected chi connectivity index (χ3v) is 8.80. The molecular weight excluding hydrogens is 522 g/mol. The van der Waals surface area contributed by atoms with Crippen molar-refractivity contribution in [3.8, 4) is 10.4 Å². The van der Waals surface area contributed by atoms with Crippen molar-refractivity contribution in [3.63, 3.8) is 0 Å². The number of hydrogen-bond donors (Lipinski definition) is 2. The van der Waals surface area contributed by atoms with E-state index in [1.807, 2.05) is 59.5 Å². The fourth-order valence-electron chi connectivity index (χ4n) is 5.66. The van der Waals surface area contributed by atoms with Crippen LogP contribution in [0.3, 0.4) is 0 Å². The number of primary amides is 1. The van der Waals surface area contributed by atoms with Gasteiger partial charge in [0.1, 0.15) is 5.82 Å². The average Bonchev–Trinajstić information content (AvgIpc) is 3.56. The normalized spacial score (nSPS) is 16.4. The van der Waals surface area contributed by atoms with E-state index in [9.17, 15) is 9.59 Å². The van der Waals surface area contributed by atoms with Crippen LogP contribution in [0.25, 0.3) is 21.5 Å². The molecule has 0 unspecified atom stereocenters. The average molecular weight is 560 g/mol. The number of fused-ring (bicyclic) bond motifs is 1. The van der Waals surface area contributed by atoms with E-state index in [-0.39, 0.29) is 18.2 Å². The summed E-state index contributed by atoms with van der Waals surface area (Å²) in [4.78, 5) is 34.0. The molecule has 1 aliphatic heterocycles. The number of ether oxygens (including phenoxy) is 1. The van der Waals surface area contributed by atoms with Gasteiger partial charge in [0.25, 0.3) is 5.91 Å². The standard InChI is InChI=1S/C31H37N5O3S/c1-39-16-8-15-36-26-13-6-5-12-25(26)34-31(36)22-11-7-14-35(20-22)28(37)19-24(32)17-23-18-27(40-29(23)30(33)38)21-9-3-2-4-10-21/h2-6,9-10,12-13,18,22,24H,7-8,11,14-17,19-20,32H2,1H3,(H2,33,38)/t22-,24+/m1/s1. The fourth-order valence-corrected chi connectivity index (χ4v) is 6.71. The monoisotopic (exact) mass is 559 g/mol. The Morgan fingerprint density at radius 3 is 2.70 bits per heavy atom. The molecule has 2 aromatic heterocycles. The smallest absolute Gasteiger partial charge is 0.259 e. The topological polar surface area (TPSA) is 116 Å². The maximum atomic E-state index is 13.4. The molecule has 1 aliphatic rings. The predicted molar refractivity (Wildman–Crippen MR) is 159 cm³/mol. The Balaban J connectivity index is 1.27. The third kappa shape index (κ3) is 6.27. The molecule has 4 N–H and O–H groups in total. The predicted octanol–water partition coefficient (Wildman–Crippen LogP) is 4.57. The van der Waals surface area contributed by atoms with Crippen LogP contribution in [0, 0.1) is 0 Å². The second-order valence-electron chi connectivity index (χ2n) is 10.5. The number of carbonyl (C=O) groups is 2. The van der Waals surface area contributed by atoms with Gasteiger partial charge in [0.2, 0.25) is 5.91 Å². The van der Waals surface area contributed by atoms with Gasteiger partial charge in [0, 0.05) is 56.6 Å². The van der Waals surface area contributed by atoms with Gasteiger partial charge in [-0.25, -0.2) is 4.98 Å². The number of carbonyl (C=O) groups excluding carboxylic acids is 2. The Bertz CT molecular complexity index is 1460. The van der Waals surface area contributed by atoms with E-state index in [1.54, 1.807) is 7.11 Å². The van der Waals surface area contributed by atoms with Crippen LogP contribution in [-0.2, 0) is 22.5 Å².